The van der Waals surface area contributed by atoms with Gasteiger partial charge in [-0.1, -0.05) is 31.9 Å². The van der Waals surface area contributed by atoms with Gasteiger partial charge in [0, 0.05) is 0 Å². The summed E-state index contributed by atoms with van der Waals surface area (Å²) in [6.07, 6.45) is -0.528. The van der Waals surface area contributed by atoms with E-state index in [1.54, 1.807) is 0 Å². The summed E-state index contributed by atoms with van der Waals surface area (Å²) in [5, 5.41) is 17.6. The second-order valence-corrected chi connectivity index (χ2v) is 3.74. The molecule has 0 aromatic heterocycles. The van der Waals surface area contributed by atoms with Crippen LogP contribution < -0.4 is 0 Å². The molecule has 0 unspecified atom stereocenters. The van der Waals surface area contributed by atoms with E-state index < -0.39 is 24.8 Å². The first kappa shape index (κ1) is 15.4. The number of aliphatic hydroxyl groups excluding tert-OH is 2. The van der Waals surface area contributed by atoms with E-state index >= 15 is 0 Å². The molecule has 0 aromatic carbocycles. The Kier molecular flexibility index (Phi) is 7.42. The molecular weight excluding hydrogens is 221 g/mol. The Hall–Kier alpha value is -0.550. The van der Waals surface area contributed by atoms with Crippen LogP contribution in [0.3, 0.4) is 0 Å². The number of rotatable bonds is 7. The molecule has 2 nitrogen and oxygen atoms in total. The maximum atomic E-state index is 12.4. The van der Waals surface area contributed by atoms with Crippen LogP contribution >= 0.6 is 0 Å². The van der Waals surface area contributed by atoms with Crippen LogP contribution in [0.1, 0.15) is 32.6 Å². The topological polar surface area (TPSA) is 40.5 Å². The van der Waals surface area contributed by atoms with Crippen molar-refractivity contribution in [3.63, 3.8) is 0 Å². The summed E-state index contributed by atoms with van der Waals surface area (Å²) in [5.74, 6) is -1.97. The summed E-state index contributed by atoms with van der Waals surface area (Å²) in [5.41, 5.74) is 0. The SMILES string of the molecule is CCCCC/C=C/[C@@H]([C@H](O)CO)C(F)(F)F. The molecule has 0 aliphatic rings. The normalized spacial score (nSPS) is 16.6. The quantitative estimate of drug-likeness (QED) is 0.530. The average Bonchev–Trinajstić information content (AvgIpc) is 2.20. The predicted molar refractivity (Wildman–Crippen MR) is 55.9 cm³/mol. The highest BCUT2D eigenvalue weighted by Gasteiger charge is 2.42. The van der Waals surface area contributed by atoms with Gasteiger partial charge in [-0.3, -0.25) is 0 Å². The van der Waals surface area contributed by atoms with Crippen LogP contribution in [0.4, 0.5) is 13.2 Å². The highest BCUT2D eigenvalue weighted by molar-refractivity contribution is 4.95. The summed E-state index contributed by atoms with van der Waals surface area (Å²) in [4.78, 5) is 0. The minimum Gasteiger partial charge on any atom is -0.394 e. The molecule has 2 atom stereocenters. The van der Waals surface area contributed by atoms with E-state index in [1.165, 1.54) is 6.08 Å². The Bertz CT molecular complexity index is 202. The molecule has 0 heterocycles. The highest BCUT2D eigenvalue weighted by atomic mass is 19.4. The number of allylic oxidation sites excluding steroid dienone is 1. The third kappa shape index (κ3) is 6.12. The molecule has 0 saturated heterocycles. The van der Waals surface area contributed by atoms with Crippen molar-refractivity contribution in [1.82, 2.24) is 0 Å². The van der Waals surface area contributed by atoms with Crippen LogP contribution in [0.5, 0.6) is 0 Å². The molecule has 96 valence electrons. The maximum Gasteiger partial charge on any atom is 0.397 e. The van der Waals surface area contributed by atoms with E-state index in [0.29, 0.717) is 6.42 Å². The van der Waals surface area contributed by atoms with Gasteiger partial charge >= 0.3 is 6.18 Å². The van der Waals surface area contributed by atoms with Gasteiger partial charge in [-0.25, -0.2) is 0 Å². The van der Waals surface area contributed by atoms with Gasteiger partial charge in [0.05, 0.1) is 12.7 Å². The van der Waals surface area contributed by atoms with Gasteiger partial charge < -0.3 is 10.2 Å². The van der Waals surface area contributed by atoms with Crippen molar-refractivity contribution in [2.45, 2.75) is 44.9 Å². The number of unbranched alkanes of at least 4 members (excludes halogenated alkanes) is 3. The van der Waals surface area contributed by atoms with Gasteiger partial charge in [-0.15, -0.1) is 0 Å². The zero-order chi connectivity index (χ0) is 12.6. The van der Waals surface area contributed by atoms with Crippen molar-refractivity contribution in [2.24, 2.45) is 5.92 Å². The molecule has 5 heteroatoms. The van der Waals surface area contributed by atoms with E-state index in [2.05, 4.69) is 0 Å². The third-order valence-electron chi connectivity index (χ3n) is 2.30. The summed E-state index contributed by atoms with van der Waals surface area (Å²) in [6.45, 7) is 1.13. The van der Waals surface area contributed by atoms with E-state index in [9.17, 15) is 13.2 Å². The lowest BCUT2D eigenvalue weighted by Gasteiger charge is -2.20. The van der Waals surface area contributed by atoms with Gasteiger partial charge in [-0.2, -0.15) is 13.2 Å². The van der Waals surface area contributed by atoms with Gasteiger partial charge in [0.2, 0.25) is 0 Å². The second kappa shape index (κ2) is 7.68. The van der Waals surface area contributed by atoms with Gasteiger partial charge in [0.15, 0.2) is 0 Å². The molecular formula is C11H19F3O2. The minimum absolute atomic E-state index is 0.568. The summed E-state index contributed by atoms with van der Waals surface area (Å²) >= 11 is 0. The molecule has 0 rings (SSSR count). The Balaban J connectivity index is 4.22. The number of alkyl halides is 3. The average molecular weight is 240 g/mol. The molecule has 0 fully saturated rings. The van der Waals surface area contributed by atoms with E-state index in [1.807, 2.05) is 6.92 Å². The zero-order valence-electron chi connectivity index (χ0n) is 9.37. The fourth-order valence-electron chi connectivity index (χ4n) is 1.32. The number of hydrogen-bond acceptors (Lipinski definition) is 2. The summed E-state index contributed by atoms with van der Waals surface area (Å²) < 4.78 is 37.2. The van der Waals surface area contributed by atoms with Crippen LogP contribution in [0, 0.1) is 5.92 Å². The van der Waals surface area contributed by atoms with Crippen LogP contribution in [-0.2, 0) is 0 Å². The zero-order valence-corrected chi connectivity index (χ0v) is 9.37. The molecule has 0 aliphatic heterocycles. The molecule has 16 heavy (non-hydrogen) atoms. The lowest BCUT2D eigenvalue weighted by atomic mass is 10.0. The Morgan fingerprint density at radius 3 is 2.31 bits per heavy atom. The van der Waals surface area contributed by atoms with Gasteiger partial charge in [-0.05, 0) is 12.8 Å². The van der Waals surface area contributed by atoms with Gasteiger partial charge in [0.25, 0.3) is 0 Å². The lowest BCUT2D eigenvalue weighted by Crippen LogP contribution is -2.34. The second-order valence-electron chi connectivity index (χ2n) is 3.74. The Morgan fingerprint density at radius 2 is 1.88 bits per heavy atom. The molecule has 0 bridgehead atoms. The molecule has 2 N–H and O–H groups in total. The molecule has 0 aromatic rings. The first-order valence-electron chi connectivity index (χ1n) is 5.45. The first-order valence-corrected chi connectivity index (χ1v) is 5.45. The summed E-state index contributed by atoms with van der Waals surface area (Å²) in [6, 6.07) is 0. The smallest absolute Gasteiger partial charge is 0.394 e. The third-order valence-corrected chi connectivity index (χ3v) is 2.30. The van der Waals surface area contributed by atoms with E-state index in [0.717, 1.165) is 25.3 Å². The van der Waals surface area contributed by atoms with Crippen LogP contribution in [-0.4, -0.2) is 29.1 Å². The number of hydrogen-bond donors (Lipinski definition) is 2. The molecule has 0 radical (unpaired) electrons. The van der Waals surface area contributed by atoms with Crippen molar-refractivity contribution in [1.29, 1.82) is 0 Å². The minimum atomic E-state index is -4.51. The highest BCUT2D eigenvalue weighted by Crippen LogP contribution is 2.30. The molecule has 0 aliphatic carbocycles. The first-order chi connectivity index (χ1) is 7.43. The maximum absolute atomic E-state index is 12.4. The standard InChI is InChI=1S/C11H19F3O2/c1-2-3-4-5-6-7-9(10(16)8-15)11(12,13)14/h6-7,9-10,15-16H,2-5,8H2,1H3/b7-6+/t9-,10+/m0/s1. The van der Waals surface area contributed by atoms with Crippen molar-refractivity contribution in [3.8, 4) is 0 Å². The van der Waals surface area contributed by atoms with E-state index in [4.69, 9.17) is 10.2 Å². The molecule has 0 spiro atoms. The predicted octanol–water partition coefficient (Wildman–Crippen LogP) is 2.65. The number of halogens is 3. The van der Waals surface area contributed by atoms with Crippen molar-refractivity contribution < 1.29 is 23.4 Å². The van der Waals surface area contributed by atoms with Crippen molar-refractivity contribution >= 4 is 0 Å². The molecule has 0 saturated carbocycles. The fraction of sp³-hybridized carbons (Fsp3) is 0.818. The lowest BCUT2D eigenvalue weighted by molar-refractivity contribution is -0.188. The Labute approximate surface area is 93.8 Å². The van der Waals surface area contributed by atoms with Crippen LogP contribution in [0.25, 0.3) is 0 Å². The fourth-order valence-corrected chi connectivity index (χ4v) is 1.32. The van der Waals surface area contributed by atoms with Crippen LogP contribution in [0.2, 0.25) is 0 Å². The number of aliphatic hydroxyl groups is 2. The van der Waals surface area contributed by atoms with E-state index in [-0.39, 0.29) is 0 Å². The monoisotopic (exact) mass is 240 g/mol. The van der Waals surface area contributed by atoms with Gasteiger partial charge in [0.1, 0.15) is 5.92 Å². The van der Waals surface area contributed by atoms with Crippen LogP contribution in [0.15, 0.2) is 12.2 Å². The molecule has 0 amide bonds. The Morgan fingerprint density at radius 1 is 1.25 bits per heavy atom. The van der Waals surface area contributed by atoms with Crippen molar-refractivity contribution in [2.75, 3.05) is 6.61 Å². The van der Waals surface area contributed by atoms with Crippen molar-refractivity contribution in [3.05, 3.63) is 12.2 Å². The summed E-state index contributed by atoms with van der Waals surface area (Å²) in [7, 11) is 0. The largest absolute Gasteiger partial charge is 0.397 e.